The van der Waals surface area contributed by atoms with E-state index < -0.39 is 302 Å². The van der Waals surface area contributed by atoms with Crippen molar-refractivity contribution in [3.8, 4) is 0 Å². The summed E-state index contributed by atoms with van der Waals surface area (Å²) in [5.74, 6) is -22.0. The van der Waals surface area contributed by atoms with Gasteiger partial charge >= 0.3 is 108 Å². The molecule has 0 N–H and O–H groups in total. The van der Waals surface area contributed by atoms with Gasteiger partial charge in [0.25, 0.3) is 0 Å². The highest BCUT2D eigenvalue weighted by atomic mass is 19.4. The first-order valence-electron chi connectivity index (χ1n) is 35.2. The summed E-state index contributed by atoms with van der Waals surface area (Å²) in [7, 11) is 1.11. The maximum atomic E-state index is 12.7. The maximum Gasteiger partial charge on any atom is 0.422 e. The van der Waals surface area contributed by atoms with Crippen molar-refractivity contribution < 1.29 is 212 Å². The summed E-state index contributed by atoms with van der Waals surface area (Å²) >= 11 is 0. The van der Waals surface area contributed by atoms with E-state index in [2.05, 4.69) is 40.5 Å². The van der Waals surface area contributed by atoms with Crippen LogP contribution < -0.4 is 0 Å². The Morgan fingerprint density at radius 1 is 0.417 bits per heavy atom. The molecule has 0 spiro atoms. The van der Waals surface area contributed by atoms with Crippen molar-refractivity contribution in [1.29, 1.82) is 0 Å². The second-order valence-corrected chi connectivity index (χ2v) is 28.9. The van der Waals surface area contributed by atoms with Gasteiger partial charge in [0.2, 0.25) is 0 Å². The van der Waals surface area contributed by atoms with Crippen molar-refractivity contribution in [1.82, 2.24) is 0 Å². The van der Waals surface area contributed by atoms with Crippen LogP contribution >= 0.6 is 0 Å². The summed E-state index contributed by atoms with van der Waals surface area (Å²) in [4.78, 5) is 192. The van der Waals surface area contributed by atoms with Crippen LogP contribution in [-0.2, 0) is 186 Å². The Labute approximate surface area is 643 Å². The number of ether oxygens (including phenoxy) is 23. The Balaban J connectivity index is 0.000000151. The Kier molecular flexibility index (Phi) is 25.3. The maximum absolute atomic E-state index is 12.7. The van der Waals surface area contributed by atoms with Gasteiger partial charge in [-0.2, -0.15) is 26.3 Å². The van der Waals surface area contributed by atoms with Gasteiger partial charge in [-0.3, -0.25) is 38.4 Å². The highest BCUT2D eigenvalue weighted by Crippen LogP contribution is 2.56. The van der Waals surface area contributed by atoms with Crippen LogP contribution in [0.1, 0.15) is 47.5 Å². The molecule has 630 valence electrons. The third-order valence-corrected chi connectivity index (χ3v) is 20.0. The van der Waals surface area contributed by atoms with Crippen LogP contribution in [0.5, 0.6) is 0 Å². The number of carbonyl (C=O) groups is 16. The standard InChI is InChI=1S/C19H22O10.C18H19F3O9.C18H20O11.C15H13F3O9/c1-8(2)17(21)26-7-10(20)27-15-13-11(12-14(28-13)16(15)29-19(12)23)18(22)25-6-9-4-3-5-24-9;1-6(18(19,20)21)14(23)26-5-7(22)27-12-11-9(16(25)30-17(2,3)4)8-10(28-11)13(12)29-15(8)24;1-7(2)16(20)25-5-9(19)27-14-12-10(11-13(28-12)15(14)29-18(11)22)17(21)26-8-3-23-6-24-4-8;1-4(15(16,17)18)12(20)24-3-5(19)25-10-8-6(13(21)23-2)7-9(26-8)11(10)27-14(7)22/h9,11-16H,1,3-7H2,2H3;8-13H,1,5H2,2-4H3;8,10-15H,1,3-6H2,2H3;6-11H,1,3H2,2H3. The minimum atomic E-state index is -5.01. The van der Waals surface area contributed by atoms with Crippen LogP contribution in [0.15, 0.2) is 48.6 Å². The van der Waals surface area contributed by atoms with E-state index in [-0.39, 0.29) is 43.9 Å². The number of carbonyl (C=O) groups excluding carboxylic acids is 16. The van der Waals surface area contributed by atoms with Crippen LogP contribution in [0.3, 0.4) is 0 Å². The average molecular weight is 1650 g/mol. The van der Waals surface area contributed by atoms with Crippen LogP contribution in [-0.4, -0.2) is 290 Å². The Morgan fingerprint density at radius 3 is 1.04 bits per heavy atom. The summed E-state index contributed by atoms with van der Waals surface area (Å²) in [6, 6.07) is 0. The van der Waals surface area contributed by atoms with E-state index >= 15 is 0 Å². The van der Waals surface area contributed by atoms with E-state index in [0.717, 1.165) is 20.0 Å². The molecule has 39 nitrogen and oxygen atoms in total. The van der Waals surface area contributed by atoms with Crippen LogP contribution in [0, 0.1) is 47.3 Å². The lowest BCUT2D eigenvalue weighted by molar-refractivity contribution is -0.190. The third-order valence-electron chi connectivity index (χ3n) is 20.0. The summed E-state index contributed by atoms with van der Waals surface area (Å²) in [5, 5.41) is 0. The second kappa shape index (κ2) is 33.9. The van der Waals surface area contributed by atoms with E-state index in [4.69, 9.17) is 94.7 Å². The van der Waals surface area contributed by atoms with Crippen molar-refractivity contribution in [3.63, 3.8) is 0 Å². The van der Waals surface area contributed by atoms with Crippen molar-refractivity contribution >= 4 is 95.5 Å². The molecule has 0 aromatic rings. The molecule has 0 aliphatic carbocycles. The Hall–Kier alpha value is -10.2. The van der Waals surface area contributed by atoms with E-state index in [1.54, 1.807) is 20.8 Å². The van der Waals surface area contributed by atoms with Gasteiger partial charge in [0.15, 0.2) is 75.3 Å². The number of hydrogen-bond acceptors (Lipinski definition) is 39. The molecule has 14 rings (SSSR count). The Morgan fingerprint density at radius 2 is 0.739 bits per heavy atom. The largest absolute Gasteiger partial charge is 0.469 e. The number of hydrogen-bond donors (Lipinski definition) is 0. The number of esters is 16. The van der Waals surface area contributed by atoms with Crippen molar-refractivity contribution in [2.24, 2.45) is 47.3 Å². The number of fused-ring (bicyclic) bond motifs is 4. The molecule has 14 saturated heterocycles. The number of halogens is 6. The topological polar surface area (TPSA) is 485 Å². The van der Waals surface area contributed by atoms with Gasteiger partial charge < -0.3 is 109 Å². The van der Waals surface area contributed by atoms with Crippen molar-refractivity contribution in [3.05, 3.63) is 48.6 Å². The summed E-state index contributed by atoms with van der Waals surface area (Å²) in [6.07, 6.45) is -23.8. The van der Waals surface area contributed by atoms with E-state index in [9.17, 15) is 103 Å². The molecular formula is C70H74F6O39. The molecule has 14 aliphatic rings. The van der Waals surface area contributed by atoms with E-state index in [0.29, 0.717) is 6.61 Å². The highest BCUT2D eigenvalue weighted by molar-refractivity contribution is 5.94. The van der Waals surface area contributed by atoms with Gasteiger partial charge in [0, 0.05) is 17.8 Å². The predicted octanol–water partition coefficient (Wildman–Crippen LogP) is -0.937. The predicted molar refractivity (Wildman–Crippen MR) is 340 cm³/mol. The molecule has 0 aromatic heterocycles. The molecule has 0 saturated carbocycles. The van der Waals surface area contributed by atoms with E-state index in [1.807, 2.05) is 0 Å². The molecule has 14 fully saturated rings. The molecule has 45 heteroatoms. The molecule has 0 radical (unpaired) electrons. The van der Waals surface area contributed by atoms with Crippen molar-refractivity contribution in [2.45, 2.75) is 175 Å². The fourth-order valence-electron chi connectivity index (χ4n) is 15.2. The first-order valence-corrected chi connectivity index (χ1v) is 35.2. The molecule has 0 aromatic carbocycles. The average Bonchev–Trinajstić information content (AvgIpc) is 1.57. The fourth-order valence-corrected chi connectivity index (χ4v) is 15.2. The lowest BCUT2D eigenvalue weighted by Gasteiger charge is -2.29. The van der Waals surface area contributed by atoms with Gasteiger partial charge in [-0.1, -0.05) is 26.3 Å². The van der Waals surface area contributed by atoms with Gasteiger partial charge in [-0.25, -0.2) is 38.4 Å². The quantitative estimate of drug-likeness (QED) is 0.0516. The minimum Gasteiger partial charge on any atom is -0.469 e. The SMILES string of the molecule is C=C(C(=O)OCC(=O)OC1C2OC(=O)C3C2OC1C3C(=O)OC(C)(C)C)C(F)(F)F.C=C(C(=O)OCC(=O)OC1C2OC(=O)C3C2OC1C3C(=O)OC)C(F)(F)F.C=C(C)C(=O)OCC(=O)OC1C2OC(=O)C3C2OC1C3C(=O)OC1COCOC1.C=C(C)C(=O)OCC(=O)OC1C2OC(=O)C3C2OC1C3C(=O)OCC1CCCO1. The molecule has 25 atom stereocenters. The van der Waals surface area contributed by atoms with Gasteiger partial charge in [0.1, 0.15) is 132 Å². The molecular weight excluding hydrogens is 1580 g/mol. The van der Waals surface area contributed by atoms with Crippen LogP contribution in [0.25, 0.3) is 0 Å². The van der Waals surface area contributed by atoms with Crippen molar-refractivity contribution in [2.75, 3.05) is 66.8 Å². The minimum absolute atomic E-state index is 0.0965. The zero-order valence-electron chi connectivity index (χ0n) is 61.3. The summed E-state index contributed by atoms with van der Waals surface area (Å²) in [5.41, 5.74) is -4.13. The fraction of sp³-hybridized carbons (Fsp3) is 0.657. The first kappa shape index (κ1) is 85.7. The summed E-state index contributed by atoms with van der Waals surface area (Å²) < 4.78 is 193. The lowest BCUT2D eigenvalue weighted by Crippen LogP contribution is -2.49. The first-order chi connectivity index (χ1) is 54.0. The smallest absolute Gasteiger partial charge is 0.422 e. The van der Waals surface area contributed by atoms with Gasteiger partial charge in [0.05, 0.1) is 26.4 Å². The normalized spacial score (nSPS) is 34.2. The van der Waals surface area contributed by atoms with Gasteiger partial charge in [-0.05, 0) is 47.5 Å². The lowest BCUT2D eigenvalue weighted by atomic mass is 9.78. The third kappa shape index (κ3) is 17.9. The Bertz CT molecular complexity index is 4000. The zero-order chi connectivity index (χ0) is 84.1. The molecule has 0 amide bonds. The number of methoxy groups -OCH3 is 1. The molecule has 8 bridgehead atoms. The van der Waals surface area contributed by atoms with E-state index in [1.165, 1.54) is 13.8 Å². The molecule has 14 aliphatic heterocycles. The molecule has 25 unspecified atom stereocenters. The number of alkyl halides is 6. The highest BCUT2D eigenvalue weighted by Gasteiger charge is 2.76. The number of rotatable bonds is 23. The summed E-state index contributed by atoms with van der Waals surface area (Å²) in [6.45, 7) is 17.4. The monoisotopic (exact) mass is 1650 g/mol. The second-order valence-electron chi connectivity index (χ2n) is 28.9. The van der Waals surface area contributed by atoms with Gasteiger partial charge in [-0.15, -0.1) is 0 Å². The molecule has 14 heterocycles. The zero-order valence-corrected chi connectivity index (χ0v) is 61.3. The van der Waals surface area contributed by atoms with Crippen LogP contribution in [0.4, 0.5) is 26.3 Å². The molecule has 115 heavy (non-hydrogen) atoms. The van der Waals surface area contributed by atoms with Crippen LogP contribution in [0.2, 0.25) is 0 Å².